The zero-order chi connectivity index (χ0) is 25.3. The molecule has 1 amide bonds. The number of carbonyl (C=O) groups is 1. The molecule has 4 aromatic rings. The van der Waals surface area contributed by atoms with Gasteiger partial charge in [0.05, 0.1) is 19.0 Å². The highest BCUT2D eigenvalue weighted by molar-refractivity contribution is 7.98. The van der Waals surface area contributed by atoms with Crippen LogP contribution in [-0.2, 0) is 16.9 Å². The van der Waals surface area contributed by atoms with Crippen LogP contribution in [0.5, 0.6) is 0 Å². The molecule has 0 unspecified atom stereocenters. The van der Waals surface area contributed by atoms with Gasteiger partial charge in [0, 0.05) is 37.1 Å². The normalized spacial score (nSPS) is 14.1. The fourth-order valence-electron chi connectivity index (χ4n) is 4.15. The van der Waals surface area contributed by atoms with Gasteiger partial charge in [-0.3, -0.25) is 14.3 Å². The Morgan fingerprint density at radius 2 is 1.78 bits per heavy atom. The molecule has 192 valence electrons. The summed E-state index contributed by atoms with van der Waals surface area (Å²) in [6.07, 6.45) is 1.61. The highest BCUT2D eigenvalue weighted by atomic mass is 32.2. The number of ether oxygens (including phenoxy) is 1. The molecule has 2 aromatic carbocycles. The molecule has 2 aromatic heterocycles. The molecule has 0 bridgehead atoms. The summed E-state index contributed by atoms with van der Waals surface area (Å²) in [7, 11) is 0. The van der Waals surface area contributed by atoms with Crippen molar-refractivity contribution in [2.75, 3.05) is 39.4 Å². The first-order valence-electron chi connectivity index (χ1n) is 12.5. The predicted octanol–water partition coefficient (Wildman–Crippen LogP) is 4.06. The summed E-state index contributed by atoms with van der Waals surface area (Å²) in [5, 5.41) is 15.5. The van der Waals surface area contributed by atoms with Crippen LogP contribution in [0.2, 0.25) is 0 Å². The Balaban J connectivity index is 1.18. The maximum absolute atomic E-state index is 12.6. The molecule has 0 aliphatic carbocycles. The van der Waals surface area contributed by atoms with Gasteiger partial charge < -0.3 is 10.1 Å². The average molecular weight is 535 g/mol. The number of carbonyl (C=O) groups excluding carboxylic acids is 1. The Morgan fingerprint density at radius 3 is 2.57 bits per heavy atom. The summed E-state index contributed by atoms with van der Waals surface area (Å²) >= 11 is 3.08. The second kappa shape index (κ2) is 13.0. The minimum Gasteiger partial charge on any atom is -0.379 e. The lowest BCUT2D eigenvalue weighted by Crippen LogP contribution is -2.38. The van der Waals surface area contributed by atoms with Gasteiger partial charge in [-0.2, -0.15) is 0 Å². The third-order valence-electron chi connectivity index (χ3n) is 6.07. The van der Waals surface area contributed by atoms with Crippen molar-refractivity contribution in [1.29, 1.82) is 0 Å². The van der Waals surface area contributed by atoms with Crippen molar-refractivity contribution in [3.8, 4) is 5.69 Å². The first-order chi connectivity index (χ1) is 18.3. The zero-order valence-corrected chi connectivity index (χ0v) is 22.2. The van der Waals surface area contributed by atoms with E-state index in [1.165, 1.54) is 16.9 Å². The maximum Gasteiger partial charge on any atom is 0.270 e. The number of aromatic nitrogens is 4. The molecule has 0 radical (unpaired) electrons. The lowest BCUT2D eigenvalue weighted by Gasteiger charge is -2.26. The fraction of sp³-hybridized carbons (Fsp3) is 0.333. The van der Waals surface area contributed by atoms with Crippen LogP contribution >= 0.6 is 23.1 Å². The lowest BCUT2D eigenvalue weighted by molar-refractivity contribution is 0.0374. The van der Waals surface area contributed by atoms with E-state index in [1.54, 1.807) is 11.8 Å². The molecule has 1 fully saturated rings. The van der Waals surface area contributed by atoms with Crippen LogP contribution < -0.4 is 5.32 Å². The number of para-hydroxylation sites is 1. The summed E-state index contributed by atoms with van der Waals surface area (Å²) < 4.78 is 7.48. The average Bonchev–Trinajstić information content (AvgIpc) is 3.59. The van der Waals surface area contributed by atoms with Gasteiger partial charge in [-0.25, -0.2) is 4.98 Å². The number of hydrogen-bond acceptors (Lipinski definition) is 8. The van der Waals surface area contributed by atoms with Crippen LogP contribution in [0.25, 0.3) is 5.69 Å². The molecule has 0 saturated carbocycles. The fourth-order valence-corrected chi connectivity index (χ4v) is 5.91. The van der Waals surface area contributed by atoms with Crippen LogP contribution in [0.15, 0.2) is 71.2 Å². The van der Waals surface area contributed by atoms with Gasteiger partial charge in [-0.05, 0) is 30.7 Å². The van der Waals surface area contributed by atoms with E-state index in [0.29, 0.717) is 24.4 Å². The summed E-state index contributed by atoms with van der Waals surface area (Å²) in [4.78, 5) is 19.5. The third-order valence-corrected chi connectivity index (χ3v) is 8.04. The topological polar surface area (TPSA) is 85.2 Å². The van der Waals surface area contributed by atoms with Crippen molar-refractivity contribution < 1.29 is 9.53 Å². The molecular weight excluding hydrogens is 504 g/mol. The summed E-state index contributed by atoms with van der Waals surface area (Å²) in [5.41, 5.74) is 2.68. The molecule has 0 spiro atoms. The van der Waals surface area contributed by atoms with Gasteiger partial charge in [0.15, 0.2) is 5.16 Å². The van der Waals surface area contributed by atoms with Crippen LogP contribution in [0, 0.1) is 0 Å². The van der Waals surface area contributed by atoms with Crippen LogP contribution in [0.1, 0.15) is 33.3 Å². The van der Waals surface area contributed by atoms with E-state index < -0.39 is 0 Å². The van der Waals surface area contributed by atoms with Crippen LogP contribution in [0.4, 0.5) is 0 Å². The van der Waals surface area contributed by atoms with Gasteiger partial charge in [0.2, 0.25) is 0 Å². The molecular formula is C27H30N6O2S2. The van der Waals surface area contributed by atoms with E-state index in [1.807, 2.05) is 41.8 Å². The van der Waals surface area contributed by atoms with Gasteiger partial charge in [-0.15, -0.1) is 21.5 Å². The number of nitrogens with zero attached hydrogens (tertiary/aromatic N) is 5. The van der Waals surface area contributed by atoms with Crippen molar-refractivity contribution >= 4 is 29.0 Å². The first kappa shape index (κ1) is 25.6. The monoisotopic (exact) mass is 534 g/mol. The van der Waals surface area contributed by atoms with Crippen LogP contribution in [0.3, 0.4) is 0 Å². The minimum absolute atomic E-state index is 0.118. The lowest BCUT2D eigenvalue weighted by atomic mass is 10.1. The Hall–Kier alpha value is -3.05. The molecule has 1 aliphatic heterocycles. The van der Waals surface area contributed by atoms with E-state index in [4.69, 9.17) is 4.74 Å². The summed E-state index contributed by atoms with van der Waals surface area (Å²) in [6.45, 7) is 5.13. The molecule has 3 heterocycles. The zero-order valence-electron chi connectivity index (χ0n) is 20.6. The van der Waals surface area contributed by atoms with E-state index in [2.05, 4.69) is 54.2 Å². The number of benzene rings is 2. The number of nitrogens with one attached hydrogen (secondary N) is 1. The summed E-state index contributed by atoms with van der Waals surface area (Å²) in [5.74, 6) is 1.38. The number of amides is 1. The molecule has 10 heteroatoms. The van der Waals surface area contributed by atoms with Gasteiger partial charge in [-0.1, -0.05) is 60.3 Å². The highest BCUT2D eigenvalue weighted by Crippen LogP contribution is 2.27. The molecule has 1 saturated heterocycles. The molecule has 5 rings (SSSR count). The molecule has 0 atom stereocenters. The molecule has 1 N–H and O–H groups in total. The van der Waals surface area contributed by atoms with Crippen LogP contribution in [-0.4, -0.2) is 69.9 Å². The van der Waals surface area contributed by atoms with Gasteiger partial charge in [0.25, 0.3) is 5.91 Å². The number of thioether (sulfide) groups is 1. The van der Waals surface area contributed by atoms with Crippen molar-refractivity contribution in [2.24, 2.45) is 0 Å². The SMILES string of the molecule is O=C(NCCCN1CCOCC1)c1csc(CSc2nnc(Cc3ccccc3)n2-c2ccccc2)n1. The molecule has 37 heavy (non-hydrogen) atoms. The number of morpholine rings is 1. The predicted molar refractivity (Wildman–Crippen MR) is 146 cm³/mol. The van der Waals surface area contributed by atoms with E-state index in [9.17, 15) is 4.79 Å². The standard InChI is InChI=1S/C27H30N6O2S2/c34-26(28-12-7-13-32-14-16-35-17-15-32)23-19-36-25(29-23)20-37-27-31-30-24(18-21-8-3-1-4-9-21)33(27)22-10-5-2-6-11-22/h1-6,8-11,19H,7,12-18,20H2,(H,28,34). The first-order valence-corrected chi connectivity index (χ1v) is 14.3. The Morgan fingerprint density at radius 1 is 1.03 bits per heavy atom. The Kier molecular flexibility index (Phi) is 8.96. The van der Waals surface area contributed by atoms with E-state index in [-0.39, 0.29) is 5.91 Å². The van der Waals surface area contributed by atoms with Gasteiger partial charge in [0.1, 0.15) is 16.5 Å². The van der Waals surface area contributed by atoms with E-state index >= 15 is 0 Å². The third kappa shape index (κ3) is 7.04. The van der Waals surface area contributed by atoms with Gasteiger partial charge >= 0.3 is 0 Å². The second-order valence-corrected chi connectivity index (χ2v) is 10.6. The Bertz CT molecular complexity index is 1270. The largest absolute Gasteiger partial charge is 0.379 e. The molecule has 1 aliphatic rings. The Labute approximate surface area is 225 Å². The van der Waals surface area contributed by atoms with Crippen molar-refractivity contribution in [2.45, 2.75) is 23.8 Å². The number of hydrogen-bond donors (Lipinski definition) is 1. The quantitative estimate of drug-likeness (QED) is 0.229. The van der Waals surface area contributed by atoms with Crippen molar-refractivity contribution in [3.05, 3.63) is 88.1 Å². The summed E-state index contributed by atoms with van der Waals surface area (Å²) in [6, 6.07) is 20.4. The highest BCUT2D eigenvalue weighted by Gasteiger charge is 2.17. The molecule has 8 nitrogen and oxygen atoms in total. The maximum atomic E-state index is 12.6. The number of rotatable bonds is 11. The smallest absolute Gasteiger partial charge is 0.270 e. The van der Waals surface area contributed by atoms with Crippen molar-refractivity contribution in [3.63, 3.8) is 0 Å². The second-order valence-electron chi connectivity index (χ2n) is 8.71. The van der Waals surface area contributed by atoms with E-state index in [0.717, 1.165) is 60.9 Å². The minimum atomic E-state index is -0.118. The number of thiazole rings is 1. The van der Waals surface area contributed by atoms with Crippen molar-refractivity contribution in [1.82, 2.24) is 30.0 Å².